The first kappa shape index (κ1) is 17.7. The van der Waals surface area contributed by atoms with Crippen LogP contribution in [0.15, 0.2) is 48.5 Å². The van der Waals surface area contributed by atoms with Crippen LogP contribution in [0.1, 0.15) is 17.0 Å². The molecule has 26 heavy (non-hydrogen) atoms. The standard InChI is InChI=1S/C18H15F3N4O/c1-11-22-17(25-24-11)13-3-2-4-15(10-13)23-16(26)9-12-5-7-14(8-6-12)18(19,20)21/h2-8,10H,9H2,1H3,(H,23,26)(H,22,24,25). The lowest BCUT2D eigenvalue weighted by Gasteiger charge is -2.09. The summed E-state index contributed by atoms with van der Waals surface area (Å²) < 4.78 is 37.7. The van der Waals surface area contributed by atoms with Gasteiger partial charge in [-0.2, -0.15) is 18.3 Å². The van der Waals surface area contributed by atoms with Gasteiger partial charge in [-0.1, -0.05) is 24.3 Å². The second-order valence-corrected chi connectivity index (χ2v) is 5.74. The molecule has 5 nitrogen and oxygen atoms in total. The highest BCUT2D eigenvalue weighted by Crippen LogP contribution is 2.29. The molecule has 0 spiro atoms. The lowest BCUT2D eigenvalue weighted by Crippen LogP contribution is -2.14. The molecule has 2 N–H and O–H groups in total. The Kier molecular flexibility index (Phi) is 4.75. The summed E-state index contributed by atoms with van der Waals surface area (Å²) in [5, 5.41) is 9.53. The molecule has 8 heteroatoms. The minimum atomic E-state index is -4.39. The van der Waals surface area contributed by atoms with Crippen LogP contribution < -0.4 is 5.32 Å². The van der Waals surface area contributed by atoms with E-state index in [-0.39, 0.29) is 12.3 Å². The van der Waals surface area contributed by atoms with Crippen LogP contribution >= 0.6 is 0 Å². The zero-order valence-corrected chi connectivity index (χ0v) is 13.8. The van der Waals surface area contributed by atoms with Crippen LogP contribution in [-0.2, 0) is 17.4 Å². The molecule has 0 radical (unpaired) electrons. The highest BCUT2D eigenvalue weighted by Gasteiger charge is 2.29. The zero-order chi connectivity index (χ0) is 18.7. The number of carbonyl (C=O) groups excluding carboxylic acids is 1. The van der Waals surface area contributed by atoms with Gasteiger partial charge < -0.3 is 5.32 Å². The van der Waals surface area contributed by atoms with Crippen LogP contribution in [0.2, 0.25) is 0 Å². The summed E-state index contributed by atoms with van der Waals surface area (Å²) in [5.41, 5.74) is 1.05. The van der Waals surface area contributed by atoms with Crippen molar-refractivity contribution in [1.29, 1.82) is 0 Å². The first-order valence-electron chi connectivity index (χ1n) is 7.77. The molecule has 0 unspecified atom stereocenters. The van der Waals surface area contributed by atoms with E-state index in [1.54, 1.807) is 25.1 Å². The van der Waals surface area contributed by atoms with Crippen molar-refractivity contribution >= 4 is 11.6 Å². The van der Waals surface area contributed by atoms with Crippen molar-refractivity contribution in [1.82, 2.24) is 15.2 Å². The number of aromatic nitrogens is 3. The predicted octanol–water partition coefficient (Wildman–Crippen LogP) is 3.98. The second kappa shape index (κ2) is 6.99. The summed E-state index contributed by atoms with van der Waals surface area (Å²) in [6.07, 6.45) is -4.41. The number of anilines is 1. The van der Waals surface area contributed by atoms with Gasteiger partial charge in [0.15, 0.2) is 5.82 Å². The van der Waals surface area contributed by atoms with Crippen LogP contribution in [0, 0.1) is 6.92 Å². The largest absolute Gasteiger partial charge is 0.416 e. The van der Waals surface area contributed by atoms with E-state index in [1.807, 2.05) is 6.07 Å². The van der Waals surface area contributed by atoms with Gasteiger partial charge in [0.05, 0.1) is 12.0 Å². The Hall–Kier alpha value is -3.16. The summed E-state index contributed by atoms with van der Waals surface area (Å²) >= 11 is 0. The highest BCUT2D eigenvalue weighted by atomic mass is 19.4. The third-order valence-corrected chi connectivity index (χ3v) is 3.65. The molecule has 0 saturated carbocycles. The Balaban J connectivity index is 1.67. The van der Waals surface area contributed by atoms with E-state index in [4.69, 9.17) is 0 Å². The Morgan fingerprint density at radius 1 is 1.15 bits per heavy atom. The molecular formula is C18H15F3N4O. The summed E-state index contributed by atoms with van der Waals surface area (Å²) in [6.45, 7) is 1.78. The lowest BCUT2D eigenvalue weighted by atomic mass is 10.1. The number of benzene rings is 2. The van der Waals surface area contributed by atoms with Crippen LogP contribution in [0.5, 0.6) is 0 Å². The molecule has 134 valence electrons. The molecule has 0 aliphatic heterocycles. The van der Waals surface area contributed by atoms with Gasteiger partial charge in [-0.05, 0) is 36.8 Å². The molecule has 0 atom stereocenters. The van der Waals surface area contributed by atoms with E-state index in [1.165, 1.54) is 12.1 Å². The Morgan fingerprint density at radius 3 is 2.50 bits per heavy atom. The fourth-order valence-corrected chi connectivity index (χ4v) is 2.41. The topological polar surface area (TPSA) is 70.7 Å². The molecule has 3 rings (SSSR count). The molecule has 0 aliphatic rings. The van der Waals surface area contributed by atoms with Crippen molar-refractivity contribution in [2.75, 3.05) is 5.32 Å². The number of alkyl halides is 3. The Labute approximate surface area is 147 Å². The molecule has 3 aromatic rings. The predicted molar refractivity (Wildman–Crippen MR) is 90.3 cm³/mol. The molecule has 2 aromatic carbocycles. The fraction of sp³-hybridized carbons (Fsp3) is 0.167. The fourth-order valence-electron chi connectivity index (χ4n) is 2.41. The average molecular weight is 360 g/mol. The van der Waals surface area contributed by atoms with Crippen LogP contribution in [0.25, 0.3) is 11.4 Å². The first-order valence-corrected chi connectivity index (χ1v) is 7.77. The SMILES string of the molecule is Cc1nc(-c2cccc(NC(=O)Cc3ccc(C(F)(F)F)cc3)c2)n[nH]1. The van der Waals surface area contributed by atoms with Gasteiger partial charge in [0.1, 0.15) is 5.82 Å². The average Bonchev–Trinajstić information content (AvgIpc) is 3.01. The molecule has 0 saturated heterocycles. The number of rotatable bonds is 4. The molecule has 1 aromatic heterocycles. The molecule has 0 bridgehead atoms. The minimum absolute atomic E-state index is 0.0257. The molecule has 0 aliphatic carbocycles. The number of amides is 1. The van der Waals surface area contributed by atoms with Gasteiger partial charge in [0, 0.05) is 11.3 Å². The molecular weight excluding hydrogens is 345 g/mol. The van der Waals surface area contributed by atoms with E-state index >= 15 is 0 Å². The first-order chi connectivity index (χ1) is 12.3. The van der Waals surface area contributed by atoms with Crippen molar-refractivity contribution in [3.05, 3.63) is 65.5 Å². The maximum atomic E-state index is 12.6. The number of hydrogen-bond acceptors (Lipinski definition) is 3. The zero-order valence-electron chi connectivity index (χ0n) is 13.8. The number of carbonyl (C=O) groups is 1. The van der Waals surface area contributed by atoms with Crippen molar-refractivity contribution in [2.24, 2.45) is 0 Å². The number of H-pyrrole nitrogens is 1. The molecule has 1 heterocycles. The molecule has 1 amide bonds. The van der Waals surface area contributed by atoms with Crippen LogP contribution in [0.3, 0.4) is 0 Å². The normalized spacial score (nSPS) is 11.4. The third kappa shape index (κ3) is 4.27. The van der Waals surface area contributed by atoms with Crippen molar-refractivity contribution < 1.29 is 18.0 Å². The van der Waals surface area contributed by atoms with Crippen LogP contribution in [0.4, 0.5) is 18.9 Å². The van der Waals surface area contributed by atoms with E-state index in [2.05, 4.69) is 20.5 Å². The quantitative estimate of drug-likeness (QED) is 0.739. The summed E-state index contributed by atoms with van der Waals surface area (Å²) in [6, 6.07) is 11.6. The minimum Gasteiger partial charge on any atom is -0.326 e. The number of aryl methyl sites for hydroxylation is 1. The Morgan fingerprint density at radius 2 is 1.88 bits per heavy atom. The summed E-state index contributed by atoms with van der Waals surface area (Å²) in [5.74, 6) is 0.867. The number of halogens is 3. The lowest BCUT2D eigenvalue weighted by molar-refractivity contribution is -0.137. The van der Waals surface area contributed by atoms with Crippen molar-refractivity contribution in [3.8, 4) is 11.4 Å². The second-order valence-electron chi connectivity index (χ2n) is 5.74. The van der Waals surface area contributed by atoms with E-state index in [9.17, 15) is 18.0 Å². The highest BCUT2D eigenvalue weighted by molar-refractivity contribution is 5.92. The smallest absolute Gasteiger partial charge is 0.326 e. The van der Waals surface area contributed by atoms with Crippen molar-refractivity contribution in [2.45, 2.75) is 19.5 Å². The van der Waals surface area contributed by atoms with E-state index in [0.29, 0.717) is 22.9 Å². The van der Waals surface area contributed by atoms with E-state index < -0.39 is 11.7 Å². The van der Waals surface area contributed by atoms with Gasteiger partial charge in [-0.3, -0.25) is 9.89 Å². The monoisotopic (exact) mass is 360 g/mol. The maximum Gasteiger partial charge on any atom is 0.416 e. The van der Waals surface area contributed by atoms with Crippen molar-refractivity contribution in [3.63, 3.8) is 0 Å². The summed E-state index contributed by atoms with van der Waals surface area (Å²) in [7, 11) is 0. The Bertz CT molecular complexity index is 917. The number of nitrogens with one attached hydrogen (secondary N) is 2. The van der Waals surface area contributed by atoms with Gasteiger partial charge in [0.25, 0.3) is 0 Å². The number of aromatic amines is 1. The van der Waals surface area contributed by atoms with Gasteiger partial charge in [-0.15, -0.1) is 0 Å². The van der Waals surface area contributed by atoms with Gasteiger partial charge in [0.2, 0.25) is 5.91 Å². The van der Waals surface area contributed by atoms with Gasteiger partial charge in [-0.25, -0.2) is 4.98 Å². The third-order valence-electron chi connectivity index (χ3n) is 3.65. The van der Waals surface area contributed by atoms with Crippen LogP contribution in [-0.4, -0.2) is 21.1 Å². The van der Waals surface area contributed by atoms with E-state index in [0.717, 1.165) is 17.7 Å². The van der Waals surface area contributed by atoms with Gasteiger partial charge >= 0.3 is 6.18 Å². The maximum absolute atomic E-state index is 12.6. The number of hydrogen-bond donors (Lipinski definition) is 2. The number of nitrogens with zero attached hydrogens (tertiary/aromatic N) is 2. The molecule has 0 fully saturated rings. The summed E-state index contributed by atoms with van der Waals surface area (Å²) in [4.78, 5) is 16.4.